The van der Waals surface area contributed by atoms with Crippen LogP contribution in [0.15, 0.2) is 42.6 Å². The van der Waals surface area contributed by atoms with Crippen LogP contribution in [0.3, 0.4) is 0 Å². The maximum Gasteiger partial charge on any atom is 0.417 e. The molecule has 2 N–H and O–H groups in total. The first kappa shape index (κ1) is 18.6. The van der Waals surface area contributed by atoms with Crippen LogP contribution in [-0.2, 0) is 17.4 Å². The lowest BCUT2D eigenvalue weighted by Crippen LogP contribution is -2.30. The first-order valence-electron chi connectivity index (χ1n) is 7.55. The number of carbonyl (C=O) groups is 1. The van der Waals surface area contributed by atoms with E-state index in [1.165, 1.54) is 6.07 Å². The molecule has 0 aliphatic heterocycles. The molecule has 0 unspecified atom stereocenters. The van der Waals surface area contributed by atoms with Gasteiger partial charge in [0.2, 0.25) is 5.91 Å². The lowest BCUT2D eigenvalue weighted by Gasteiger charge is -2.09. The van der Waals surface area contributed by atoms with Gasteiger partial charge in [0.1, 0.15) is 11.6 Å². The number of hydrogen-bond donors (Lipinski definition) is 2. The van der Waals surface area contributed by atoms with Crippen LogP contribution >= 0.6 is 0 Å². The minimum atomic E-state index is -4.40. The number of anilines is 1. The molecule has 8 heteroatoms. The second-order valence-electron chi connectivity index (χ2n) is 5.23. The molecule has 5 nitrogen and oxygen atoms in total. The van der Waals surface area contributed by atoms with Gasteiger partial charge < -0.3 is 15.4 Å². The van der Waals surface area contributed by atoms with Crippen LogP contribution < -0.4 is 15.4 Å². The molecule has 1 aromatic carbocycles. The highest BCUT2D eigenvalue weighted by Crippen LogP contribution is 2.28. The zero-order valence-electron chi connectivity index (χ0n) is 13.6. The summed E-state index contributed by atoms with van der Waals surface area (Å²) in [6.07, 6.45) is -3.42. The molecule has 0 aliphatic rings. The van der Waals surface area contributed by atoms with Crippen molar-refractivity contribution < 1.29 is 22.7 Å². The number of halogens is 3. The van der Waals surface area contributed by atoms with E-state index in [0.717, 1.165) is 17.8 Å². The Labute approximate surface area is 143 Å². The van der Waals surface area contributed by atoms with E-state index in [1.807, 2.05) is 6.07 Å². The van der Waals surface area contributed by atoms with Crippen LogP contribution in [-0.4, -0.2) is 31.1 Å². The summed E-state index contributed by atoms with van der Waals surface area (Å²) in [6.45, 7) is 0.674. The van der Waals surface area contributed by atoms with E-state index in [0.29, 0.717) is 24.7 Å². The van der Waals surface area contributed by atoms with Gasteiger partial charge in [-0.05, 0) is 29.8 Å². The van der Waals surface area contributed by atoms with Crippen LogP contribution in [0.25, 0.3) is 0 Å². The molecule has 1 heterocycles. The van der Waals surface area contributed by atoms with E-state index >= 15 is 0 Å². The van der Waals surface area contributed by atoms with Crippen LogP contribution in [0.4, 0.5) is 19.0 Å². The molecule has 0 radical (unpaired) electrons. The fourth-order valence-corrected chi connectivity index (χ4v) is 2.09. The van der Waals surface area contributed by atoms with Gasteiger partial charge >= 0.3 is 6.18 Å². The summed E-state index contributed by atoms with van der Waals surface area (Å²) in [7, 11) is 1.56. The maximum atomic E-state index is 12.4. The first-order chi connectivity index (χ1) is 11.9. The number of ether oxygens (including phenoxy) is 1. The van der Waals surface area contributed by atoms with Gasteiger partial charge in [0.15, 0.2) is 0 Å². The largest absolute Gasteiger partial charge is 0.497 e. The molecule has 0 aliphatic carbocycles. The van der Waals surface area contributed by atoms with Gasteiger partial charge in [-0.1, -0.05) is 12.1 Å². The Morgan fingerprint density at radius 2 is 2.00 bits per heavy atom. The number of carbonyl (C=O) groups excluding carboxylic acids is 1. The highest BCUT2D eigenvalue weighted by atomic mass is 19.4. The summed E-state index contributed by atoms with van der Waals surface area (Å²) < 4.78 is 42.4. The smallest absolute Gasteiger partial charge is 0.417 e. The number of alkyl halides is 3. The molecule has 0 spiro atoms. The summed E-state index contributed by atoms with van der Waals surface area (Å²) in [6, 6.07) is 9.41. The number of benzene rings is 1. The lowest BCUT2D eigenvalue weighted by molar-refractivity contribution is -0.137. The number of hydrogen-bond acceptors (Lipinski definition) is 4. The standard InChI is InChI=1S/C17H18F3N3O2/c1-25-14-4-2-3-12(9-14)10-16(24)22-8-7-21-15-6-5-13(11-23-15)17(18,19)20/h2-6,9,11H,7-8,10H2,1H3,(H,21,23)(H,22,24). The molecular weight excluding hydrogens is 335 g/mol. The van der Waals surface area contributed by atoms with Gasteiger partial charge in [0.25, 0.3) is 0 Å². The number of methoxy groups -OCH3 is 1. The Balaban J connectivity index is 1.72. The van der Waals surface area contributed by atoms with E-state index in [4.69, 9.17) is 4.74 Å². The van der Waals surface area contributed by atoms with Gasteiger partial charge in [-0.25, -0.2) is 4.98 Å². The number of amides is 1. The number of rotatable bonds is 7. The van der Waals surface area contributed by atoms with Gasteiger partial charge in [0.05, 0.1) is 19.1 Å². The molecule has 2 rings (SSSR count). The summed E-state index contributed by atoms with van der Waals surface area (Å²) in [5.74, 6) is 0.839. The molecule has 134 valence electrons. The van der Waals surface area contributed by atoms with Crippen molar-refractivity contribution >= 4 is 11.7 Å². The Morgan fingerprint density at radius 1 is 1.20 bits per heavy atom. The van der Waals surface area contributed by atoms with Crippen LogP contribution in [0, 0.1) is 0 Å². The minimum absolute atomic E-state index is 0.157. The zero-order chi connectivity index (χ0) is 18.3. The van der Waals surface area contributed by atoms with Crippen LogP contribution in [0.5, 0.6) is 5.75 Å². The topological polar surface area (TPSA) is 63.2 Å². The number of aromatic nitrogens is 1. The number of pyridine rings is 1. The van der Waals surface area contributed by atoms with E-state index in [2.05, 4.69) is 15.6 Å². The fourth-order valence-electron chi connectivity index (χ4n) is 2.09. The molecular formula is C17H18F3N3O2. The maximum absolute atomic E-state index is 12.4. The molecule has 2 aromatic rings. The molecule has 0 bridgehead atoms. The third-order valence-electron chi connectivity index (χ3n) is 3.34. The number of nitrogens with zero attached hydrogens (tertiary/aromatic N) is 1. The monoisotopic (exact) mass is 353 g/mol. The predicted octanol–water partition coefficient (Wildman–Crippen LogP) is 2.88. The summed E-state index contributed by atoms with van der Waals surface area (Å²) in [5.41, 5.74) is 0.0267. The second kappa shape index (κ2) is 8.36. The second-order valence-corrected chi connectivity index (χ2v) is 5.23. The Bertz CT molecular complexity index is 703. The molecule has 25 heavy (non-hydrogen) atoms. The molecule has 0 saturated heterocycles. The summed E-state index contributed by atoms with van der Waals surface area (Å²) >= 11 is 0. The van der Waals surface area contributed by atoms with E-state index in [-0.39, 0.29) is 12.3 Å². The van der Waals surface area contributed by atoms with Gasteiger partial charge in [-0.3, -0.25) is 4.79 Å². The van der Waals surface area contributed by atoms with Crippen molar-refractivity contribution in [1.29, 1.82) is 0 Å². The normalized spacial score (nSPS) is 11.0. The Kier molecular flexibility index (Phi) is 6.21. The number of nitrogens with one attached hydrogen (secondary N) is 2. The third kappa shape index (κ3) is 5.98. The lowest BCUT2D eigenvalue weighted by atomic mass is 10.1. The average molecular weight is 353 g/mol. The van der Waals surface area contributed by atoms with Gasteiger partial charge in [-0.15, -0.1) is 0 Å². The highest BCUT2D eigenvalue weighted by molar-refractivity contribution is 5.78. The zero-order valence-corrected chi connectivity index (χ0v) is 13.6. The molecule has 1 amide bonds. The van der Waals surface area contributed by atoms with Crippen molar-refractivity contribution in [2.75, 3.05) is 25.5 Å². The fraction of sp³-hybridized carbons (Fsp3) is 0.294. The van der Waals surface area contributed by atoms with Crippen molar-refractivity contribution in [2.24, 2.45) is 0 Å². The van der Waals surface area contributed by atoms with Crippen molar-refractivity contribution in [3.05, 3.63) is 53.7 Å². The Morgan fingerprint density at radius 3 is 2.64 bits per heavy atom. The SMILES string of the molecule is COc1cccc(CC(=O)NCCNc2ccc(C(F)(F)F)cn2)c1. The first-order valence-corrected chi connectivity index (χ1v) is 7.55. The van der Waals surface area contributed by atoms with Crippen LogP contribution in [0.1, 0.15) is 11.1 Å². The molecule has 0 saturated carbocycles. The third-order valence-corrected chi connectivity index (χ3v) is 3.34. The van der Waals surface area contributed by atoms with Crippen LogP contribution in [0.2, 0.25) is 0 Å². The van der Waals surface area contributed by atoms with Crippen molar-refractivity contribution in [1.82, 2.24) is 10.3 Å². The minimum Gasteiger partial charge on any atom is -0.497 e. The van der Waals surface area contributed by atoms with E-state index in [1.54, 1.807) is 25.3 Å². The predicted molar refractivity (Wildman–Crippen MR) is 87.4 cm³/mol. The van der Waals surface area contributed by atoms with E-state index < -0.39 is 11.7 Å². The van der Waals surface area contributed by atoms with Gasteiger partial charge in [0, 0.05) is 19.3 Å². The quantitative estimate of drug-likeness (QED) is 0.752. The average Bonchev–Trinajstić information content (AvgIpc) is 2.58. The molecule has 0 fully saturated rings. The Hall–Kier alpha value is -2.77. The van der Waals surface area contributed by atoms with Crippen molar-refractivity contribution in [2.45, 2.75) is 12.6 Å². The summed E-state index contributed by atoms with van der Waals surface area (Å²) in [4.78, 5) is 15.5. The highest BCUT2D eigenvalue weighted by Gasteiger charge is 2.30. The summed E-state index contributed by atoms with van der Waals surface area (Å²) in [5, 5.41) is 5.57. The van der Waals surface area contributed by atoms with Crippen molar-refractivity contribution in [3.63, 3.8) is 0 Å². The molecule has 1 aromatic heterocycles. The molecule has 0 atom stereocenters. The van der Waals surface area contributed by atoms with Crippen molar-refractivity contribution in [3.8, 4) is 5.75 Å². The van der Waals surface area contributed by atoms with Gasteiger partial charge in [-0.2, -0.15) is 13.2 Å². The van der Waals surface area contributed by atoms with E-state index in [9.17, 15) is 18.0 Å².